The molecular formula is C13H12ClNO3. The molecule has 5 heteroatoms. The van der Waals surface area contributed by atoms with Crippen molar-refractivity contribution in [2.75, 3.05) is 0 Å². The molecule has 0 spiro atoms. The Kier molecular flexibility index (Phi) is 4.15. The van der Waals surface area contributed by atoms with Crippen molar-refractivity contribution in [3.8, 4) is 11.6 Å². The van der Waals surface area contributed by atoms with Gasteiger partial charge in [-0.15, -0.1) is 0 Å². The predicted octanol–water partition coefficient (Wildman–Crippen LogP) is 2.51. The number of rotatable bonds is 4. The van der Waals surface area contributed by atoms with E-state index < -0.39 is 0 Å². The van der Waals surface area contributed by atoms with Crippen LogP contribution in [0.5, 0.6) is 11.6 Å². The number of hydrogen-bond donors (Lipinski definition) is 2. The smallest absolute Gasteiger partial charge is 0.219 e. The summed E-state index contributed by atoms with van der Waals surface area (Å²) in [5.74, 6) is 0.916. The van der Waals surface area contributed by atoms with Crippen LogP contribution in [-0.4, -0.2) is 15.2 Å². The summed E-state index contributed by atoms with van der Waals surface area (Å²) >= 11 is 5.84. The second-order valence-electron chi connectivity index (χ2n) is 3.68. The van der Waals surface area contributed by atoms with Crippen LogP contribution in [0.15, 0.2) is 36.5 Å². The van der Waals surface area contributed by atoms with E-state index in [1.165, 1.54) is 6.20 Å². The quantitative estimate of drug-likeness (QED) is 0.892. The van der Waals surface area contributed by atoms with Crippen LogP contribution in [0.1, 0.15) is 11.1 Å². The molecule has 1 aromatic carbocycles. The molecule has 2 aromatic rings. The Morgan fingerprint density at radius 2 is 2.00 bits per heavy atom. The maximum Gasteiger partial charge on any atom is 0.219 e. The van der Waals surface area contributed by atoms with E-state index >= 15 is 0 Å². The average molecular weight is 266 g/mol. The van der Waals surface area contributed by atoms with E-state index in [0.29, 0.717) is 22.2 Å². The van der Waals surface area contributed by atoms with Crippen molar-refractivity contribution in [3.05, 3.63) is 52.7 Å². The highest BCUT2D eigenvalue weighted by Crippen LogP contribution is 2.24. The van der Waals surface area contributed by atoms with Crippen LogP contribution < -0.4 is 4.74 Å². The zero-order valence-corrected chi connectivity index (χ0v) is 10.3. The normalized spacial score (nSPS) is 10.4. The Bertz CT molecular complexity index is 546. The van der Waals surface area contributed by atoms with Gasteiger partial charge in [0.25, 0.3) is 0 Å². The Morgan fingerprint density at radius 1 is 1.17 bits per heavy atom. The first kappa shape index (κ1) is 12.8. The van der Waals surface area contributed by atoms with Crippen LogP contribution in [-0.2, 0) is 13.2 Å². The summed E-state index contributed by atoms with van der Waals surface area (Å²) in [4.78, 5) is 4.01. The molecule has 18 heavy (non-hydrogen) atoms. The minimum absolute atomic E-state index is 0.0485. The van der Waals surface area contributed by atoms with Crippen molar-refractivity contribution >= 4 is 11.6 Å². The van der Waals surface area contributed by atoms with Crippen LogP contribution in [0, 0.1) is 0 Å². The van der Waals surface area contributed by atoms with Gasteiger partial charge in [-0.2, -0.15) is 0 Å². The molecule has 0 radical (unpaired) electrons. The van der Waals surface area contributed by atoms with E-state index in [-0.39, 0.29) is 13.2 Å². The minimum atomic E-state index is -0.172. The Hall–Kier alpha value is -1.62. The van der Waals surface area contributed by atoms with Gasteiger partial charge in [-0.05, 0) is 17.7 Å². The maximum atomic E-state index is 9.09. The van der Waals surface area contributed by atoms with Crippen LogP contribution in [0.3, 0.4) is 0 Å². The lowest BCUT2D eigenvalue weighted by Gasteiger charge is -2.07. The minimum Gasteiger partial charge on any atom is -0.439 e. The lowest BCUT2D eigenvalue weighted by Crippen LogP contribution is -1.93. The van der Waals surface area contributed by atoms with Gasteiger partial charge >= 0.3 is 0 Å². The highest BCUT2D eigenvalue weighted by atomic mass is 35.5. The van der Waals surface area contributed by atoms with E-state index in [0.717, 1.165) is 5.56 Å². The second-order valence-corrected chi connectivity index (χ2v) is 4.09. The molecule has 0 aliphatic rings. The fraction of sp³-hybridized carbons (Fsp3) is 0.154. The number of halogens is 1. The largest absolute Gasteiger partial charge is 0.439 e. The number of ether oxygens (including phenoxy) is 1. The summed E-state index contributed by atoms with van der Waals surface area (Å²) < 4.78 is 5.53. The number of aliphatic hydroxyl groups excluding tert-OH is 2. The molecule has 94 valence electrons. The predicted molar refractivity (Wildman–Crippen MR) is 67.6 cm³/mol. The number of benzene rings is 1. The molecule has 1 heterocycles. The van der Waals surface area contributed by atoms with E-state index in [1.807, 2.05) is 0 Å². The Morgan fingerprint density at radius 3 is 2.72 bits per heavy atom. The summed E-state index contributed by atoms with van der Waals surface area (Å²) in [7, 11) is 0. The molecule has 0 saturated carbocycles. The molecule has 0 amide bonds. The molecule has 4 nitrogen and oxygen atoms in total. The molecule has 2 rings (SSSR count). The van der Waals surface area contributed by atoms with Crippen LogP contribution in [0.2, 0.25) is 5.02 Å². The fourth-order valence-electron chi connectivity index (χ4n) is 1.46. The molecule has 1 aromatic heterocycles. The number of nitrogens with zero attached hydrogens (tertiary/aromatic N) is 1. The number of pyridine rings is 1. The summed E-state index contributed by atoms with van der Waals surface area (Å²) in [6.07, 6.45) is 1.43. The lowest BCUT2D eigenvalue weighted by atomic mass is 10.2. The highest BCUT2D eigenvalue weighted by Gasteiger charge is 2.05. The van der Waals surface area contributed by atoms with Gasteiger partial charge in [0, 0.05) is 17.8 Å². The van der Waals surface area contributed by atoms with E-state index in [9.17, 15) is 0 Å². The molecule has 0 saturated heterocycles. The zero-order chi connectivity index (χ0) is 13.0. The SMILES string of the molecule is OCc1cccc(Oc2cc(CO)c(Cl)cn2)c1. The van der Waals surface area contributed by atoms with Crippen molar-refractivity contribution in [1.29, 1.82) is 0 Å². The third kappa shape index (κ3) is 2.98. The van der Waals surface area contributed by atoms with Crippen molar-refractivity contribution in [1.82, 2.24) is 4.98 Å². The van der Waals surface area contributed by atoms with Crippen LogP contribution in [0.25, 0.3) is 0 Å². The standard InChI is InChI=1S/C13H12ClNO3/c14-12-6-15-13(5-10(12)8-17)18-11-3-1-2-9(4-11)7-16/h1-6,16-17H,7-8H2. The van der Waals surface area contributed by atoms with Gasteiger partial charge in [0.05, 0.1) is 18.2 Å². The summed E-state index contributed by atoms with van der Waals surface area (Å²) in [5, 5.41) is 18.5. The Labute approximate surface area is 109 Å². The van der Waals surface area contributed by atoms with Gasteiger partial charge in [-0.3, -0.25) is 0 Å². The molecular weight excluding hydrogens is 254 g/mol. The maximum absolute atomic E-state index is 9.09. The molecule has 0 unspecified atom stereocenters. The van der Waals surface area contributed by atoms with Gasteiger partial charge in [0.15, 0.2) is 0 Å². The third-order valence-corrected chi connectivity index (χ3v) is 2.72. The van der Waals surface area contributed by atoms with Gasteiger partial charge in [-0.25, -0.2) is 4.98 Å². The first-order valence-electron chi connectivity index (χ1n) is 5.36. The van der Waals surface area contributed by atoms with Crippen molar-refractivity contribution < 1.29 is 14.9 Å². The van der Waals surface area contributed by atoms with Crippen LogP contribution >= 0.6 is 11.6 Å². The van der Waals surface area contributed by atoms with E-state index in [2.05, 4.69) is 4.98 Å². The van der Waals surface area contributed by atoms with Crippen molar-refractivity contribution in [2.45, 2.75) is 13.2 Å². The van der Waals surface area contributed by atoms with E-state index in [4.69, 9.17) is 26.6 Å². The molecule has 0 bridgehead atoms. The number of hydrogen-bond acceptors (Lipinski definition) is 4. The van der Waals surface area contributed by atoms with Gasteiger partial charge in [0.2, 0.25) is 5.88 Å². The first-order chi connectivity index (χ1) is 8.72. The van der Waals surface area contributed by atoms with Crippen LogP contribution in [0.4, 0.5) is 0 Å². The molecule has 0 aliphatic heterocycles. The topological polar surface area (TPSA) is 62.6 Å². The average Bonchev–Trinajstić information content (AvgIpc) is 2.41. The highest BCUT2D eigenvalue weighted by molar-refractivity contribution is 6.31. The zero-order valence-electron chi connectivity index (χ0n) is 9.51. The fourth-order valence-corrected chi connectivity index (χ4v) is 1.63. The molecule has 0 atom stereocenters. The Balaban J connectivity index is 2.22. The molecule has 0 aliphatic carbocycles. The van der Waals surface area contributed by atoms with Crippen molar-refractivity contribution in [2.24, 2.45) is 0 Å². The molecule has 2 N–H and O–H groups in total. The van der Waals surface area contributed by atoms with Gasteiger partial charge < -0.3 is 14.9 Å². The van der Waals surface area contributed by atoms with Gasteiger partial charge in [-0.1, -0.05) is 23.7 Å². The second kappa shape index (κ2) is 5.82. The van der Waals surface area contributed by atoms with Gasteiger partial charge in [0.1, 0.15) is 5.75 Å². The number of aromatic nitrogens is 1. The monoisotopic (exact) mass is 265 g/mol. The van der Waals surface area contributed by atoms with E-state index in [1.54, 1.807) is 30.3 Å². The third-order valence-electron chi connectivity index (χ3n) is 2.38. The summed E-state index contributed by atoms with van der Waals surface area (Å²) in [5.41, 5.74) is 1.31. The molecule has 0 fully saturated rings. The number of aliphatic hydroxyl groups is 2. The first-order valence-corrected chi connectivity index (χ1v) is 5.73. The summed E-state index contributed by atoms with van der Waals surface area (Å²) in [6.45, 7) is -0.221. The lowest BCUT2D eigenvalue weighted by molar-refractivity contribution is 0.280. The summed E-state index contributed by atoms with van der Waals surface area (Å²) in [6, 6.07) is 8.63. The van der Waals surface area contributed by atoms with Crippen molar-refractivity contribution in [3.63, 3.8) is 0 Å².